The van der Waals surface area contributed by atoms with Crippen LogP contribution in [0.15, 0.2) is 102 Å². The molecule has 0 radical (unpaired) electrons. The number of esters is 1. The normalized spacial score (nSPS) is 12.1. The number of nitriles is 2. The lowest BCUT2D eigenvalue weighted by Crippen LogP contribution is -2.23. The van der Waals surface area contributed by atoms with Gasteiger partial charge in [-0.3, -0.25) is 4.79 Å². The maximum absolute atomic E-state index is 13.0. The van der Waals surface area contributed by atoms with E-state index in [4.69, 9.17) is 37.9 Å². The number of carbonyl (C=O) groups excluding carboxylic acids is 1. The molecule has 0 saturated carbocycles. The smallest absolute Gasteiger partial charge is 0.315 e. The third-order valence-electron chi connectivity index (χ3n) is 6.61. The van der Waals surface area contributed by atoms with Gasteiger partial charge in [-0.1, -0.05) is 85.6 Å². The average molecular weight is 643 g/mol. The fourth-order valence-corrected chi connectivity index (χ4v) is 4.47. The Morgan fingerprint density at radius 1 is 0.933 bits per heavy atom. The number of nitrogens with zero attached hydrogens (tertiary/aromatic N) is 5. The summed E-state index contributed by atoms with van der Waals surface area (Å²) in [6.07, 6.45) is 2.42. The second-order valence-corrected chi connectivity index (χ2v) is 11.1. The zero-order valence-electron chi connectivity index (χ0n) is 25.4. The molecule has 3 aromatic carbocycles. The Hall–Kier alpha value is -4.89. The van der Waals surface area contributed by atoms with Crippen molar-refractivity contribution in [3.63, 3.8) is 0 Å². The minimum Gasteiger partial charge on any atom is -0.457 e. The number of benzene rings is 3. The van der Waals surface area contributed by atoms with Gasteiger partial charge in [0.2, 0.25) is 12.3 Å². The number of aromatic nitrogens is 1. The first-order valence-electron chi connectivity index (χ1n) is 14.0. The molecular weight excluding hydrogens is 609 g/mol. The molecule has 0 aliphatic rings. The van der Waals surface area contributed by atoms with Crippen molar-refractivity contribution in [1.82, 2.24) is 9.88 Å². The van der Waals surface area contributed by atoms with Crippen LogP contribution in [-0.4, -0.2) is 28.7 Å². The Morgan fingerprint density at radius 2 is 1.62 bits per heavy atom. The minimum atomic E-state index is -1.04. The van der Waals surface area contributed by atoms with Crippen LogP contribution in [0.1, 0.15) is 49.5 Å². The highest BCUT2D eigenvalue weighted by molar-refractivity contribution is 6.30. The molecule has 0 fully saturated rings. The zero-order valence-corrected chi connectivity index (χ0v) is 26.9. The average Bonchev–Trinajstić information content (AvgIpc) is 3.03. The van der Waals surface area contributed by atoms with Gasteiger partial charge in [-0.25, -0.2) is 4.98 Å². The predicted octanol–water partition coefficient (Wildman–Crippen LogP) is 8.75. The van der Waals surface area contributed by atoms with E-state index in [-0.39, 0.29) is 5.92 Å². The number of amidine groups is 1. The number of carbonyl (C=O) groups is 1. The first-order valence-corrected chi connectivity index (χ1v) is 14.8. The van der Waals surface area contributed by atoms with E-state index >= 15 is 0 Å². The molecule has 0 saturated heterocycles. The lowest BCUT2D eigenvalue weighted by Gasteiger charge is -2.22. The third kappa shape index (κ3) is 11.0. The number of aliphatic imine (C=N–C) groups is 1. The molecular formula is C35H33Cl2N5O3. The van der Waals surface area contributed by atoms with Gasteiger partial charge >= 0.3 is 5.97 Å². The van der Waals surface area contributed by atoms with Gasteiger partial charge in [-0.2, -0.15) is 15.5 Å². The van der Waals surface area contributed by atoms with Crippen LogP contribution in [0.25, 0.3) is 0 Å². The molecule has 0 aliphatic heterocycles. The van der Waals surface area contributed by atoms with Crippen LogP contribution in [0, 0.1) is 28.7 Å². The second-order valence-electron chi connectivity index (χ2n) is 10.3. The Balaban J connectivity index is 0.000000309. The molecule has 2 atom stereocenters. The fourth-order valence-electron chi connectivity index (χ4n) is 4.23. The number of hydrogen-bond acceptors (Lipinski definition) is 7. The van der Waals surface area contributed by atoms with Crippen LogP contribution in [0.3, 0.4) is 0 Å². The molecule has 8 nitrogen and oxygen atoms in total. The highest BCUT2D eigenvalue weighted by atomic mass is 35.5. The summed E-state index contributed by atoms with van der Waals surface area (Å²) in [5.74, 6) is 0.962. The van der Waals surface area contributed by atoms with Crippen LogP contribution in [0.5, 0.6) is 11.5 Å². The molecule has 0 spiro atoms. The molecule has 10 heteroatoms. The van der Waals surface area contributed by atoms with Gasteiger partial charge in [0, 0.05) is 30.4 Å². The summed E-state index contributed by atoms with van der Waals surface area (Å²) in [5, 5.41) is 19.1. The van der Waals surface area contributed by atoms with Crippen molar-refractivity contribution in [2.24, 2.45) is 10.9 Å². The van der Waals surface area contributed by atoms with Gasteiger partial charge in [0.25, 0.3) is 0 Å². The van der Waals surface area contributed by atoms with Gasteiger partial charge in [0.15, 0.2) is 0 Å². The van der Waals surface area contributed by atoms with Gasteiger partial charge in [-0.15, -0.1) is 0 Å². The van der Waals surface area contributed by atoms with Gasteiger partial charge < -0.3 is 14.4 Å². The van der Waals surface area contributed by atoms with Crippen molar-refractivity contribution in [1.29, 1.82) is 10.5 Å². The maximum atomic E-state index is 13.0. The molecule has 1 aromatic heterocycles. The van der Waals surface area contributed by atoms with Crippen molar-refractivity contribution in [2.75, 3.05) is 7.05 Å². The van der Waals surface area contributed by atoms with Gasteiger partial charge in [-0.05, 0) is 66.4 Å². The molecule has 0 amide bonds. The maximum Gasteiger partial charge on any atom is 0.315 e. The highest BCUT2D eigenvalue weighted by Gasteiger charge is 2.29. The lowest BCUT2D eigenvalue weighted by molar-refractivity contribution is -0.150. The third-order valence-corrected chi connectivity index (χ3v) is 7.09. The van der Waals surface area contributed by atoms with Crippen molar-refractivity contribution >= 4 is 35.0 Å². The minimum absolute atomic E-state index is 0.00855. The number of rotatable bonds is 9. The van der Waals surface area contributed by atoms with Crippen molar-refractivity contribution < 1.29 is 14.3 Å². The topological polar surface area (TPSA) is 112 Å². The summed E-state index contributed by atoms with van der Waals surface area (Å²) in [5.41, 5.74) is 2.38. The lowest BCUT2D eigenvalue weighted by atomic mass is 9.88. The zero-order chi connectivity index (χ0) is 32.8. The van der Waals surface area contributed by atoms with Gasteiger partial charge in [0.05, 0.1) is 5.92 Å². The number of pyridine rings is 1. The Morgan fingerprint density at radius 3 is 2.22 bits per heavy atom. The summed E-state index contributed by atoms with van der Waals surface area (Å²) in [4.78, 5) is 22.4. The van der Waals surface area contributed by atoms with Crippen LogP contribution >= 0.6 is 23.2 Å². The Labute approximate surface area is 274 Å². The molecule has 0 N–H and O–H groups in total. The number of halogens is 2. The van der Waals surface area contributed by atoms with E-state index in [1.165, 1.54) is 0 Å². The van der Waals surface area contributed by atoms with E-state index in [0.29, 0.717) is 39.6 Å². The largest absolute Gasteiger partial charge is 0.457 e. The predicted molar refractivity (Wildman–Crippen MR) is 176 cm³/mol. The van der Waals surface area contributed by atoms with E-state index in [2.05, 4.69) is 16.0 Å². The highest BCUT2D eigenvalue weighted by Crippen LogP contribution is 2.31. The summed E-state index contributed by atoms with van der Waals surface area (Å²) >= 11 is 11.6. The van der Waals surface area contributed by atoms with Crippen LogP contribution in [0.2, 0.25) is 10.2 Å². The monoisotopic (exact) mass is 641 g/mol. The van der Waals surface area contributed by atoms with E-state index in [1.54, 1.807) is 61.8 Å². The SMILES string of the molecule is CC(=NC#N)N(C)Cc1ccc(Cl)nc1.CC(C)[C@H](C(=O)O[C@H](C#N)c1cccc(Oc2ccccc2)c1)c1ccc(Cl)cc1. The first kappa shape index (κ1) is 34.6. The summed E-state index contributed by atoms with van der Waals surface area (Å²) in [7, 11) is 1.87. The molecule has 4 aromatic rings. The molecule has 0 unspecified atom stereocenters. The van der Waals surface area contributed by atoms with E-state index in [9.17, 15) is 10.1 Å². The number of hydrogen-bond donors (Lipinski definition) is 0. The fraction of sp³-hybridized carbons (Fsp3) is 0.229. The molecule has 0 aliphatic carbocycles. The van der Waals surface area contributed by atoms with Crippen molar-refractivity contribution in [3.05, 3.63) is 124 Å². The summed E-state index contributed by atoms with van der Waals surface area (Å²) in [6, 6.07) is 29.2. The summed E-state index contributed by atoms with van der Waals surface area (Å²) in [6.45, 7) is 6.32. The van der Waals surface area contributed by atoms with E-state index in [1.807, 2.05) is 74.3 Å². The Kier molecular flexibility index (Phi) is 13.4. The Bertz CT molecular complexity index is 1650. The van der Waals surface area contributed by atoms with Crippen LogP contribution in [0.4, 0.5) is 0 Å². The molecule has 230 valence electrons. The van der Waals surface area contributed by atoms with Crippen LogP contribution < -0.4 is 4.74 Å². The van der Waals surface area contributed by atoms with Gasteiger partial charge in [0.1, 0.15) is 28.6 Å². The summed E-state index contributed by atoms with van der Waals surface area (Å²) < 4.78 is 11.4. The van der Waals surface area contributed by atoms with E-state index < -0.39 is 18.0 Å². The van der Waals surface area contributed by atoms with Crippen LogP contribution in [-0.2, 0) is 16.1 Å². The second kappa shape index (κ2) is 17.4. The quantitative estimate of drug-likeness (QED) is 0.0590. The molecule has 4 rings (SSSR count). The first-order chi connectivity index (χ1) is 21.6. The molecule has 0 bridgehead atoms. The van der Waals surface area contributed by atoms with E-state index in [0.717, 1.165) is 11.1 Å². The molecule has 1 heterocycles. The van der Waals surface area contributed by atoms with Crippen molar-refractivity contribution in [2.45, 2.75) is 39.3 Å². The number of ether oxygens (including phenoxy) is 2. The molecule has 45 heavy (non-hydrogen) atoms. The standard InChI is InChI=1S/C25H22ClNO3.C10H11ClN4/c1-17(2)24(18-11-13-20(26)14-12-18)25(28)30-23(16-27)19-7-6-10-22(15-19)29-21-8-4-3-5-9-21;1-8(14-7-12)15(2)6-9-3-4-10(11)13-5-9/h3-15,17,23-24H,1-2H3;3-5H,6H2,1-2H3/t23-,24+;/m1./s1. The number of para-hydroxylation sites is 1. The van der Waals surface area contributed by atoms with Crippen molar-refractivity contribution in [3.8, 4) is 23.8 Å².